The molecule has 0 unspecified atom stereocenters. The number of ketones is 1. The lowest BCUT2D eigenvalue weighted by Crippen LogP contribution is -2.29. The lowest BCUT2D eigenvalue weighted by Gasteiger charge is -2.15. The molecule has 3 aromatic carbocycles. The molecule has 0 atom stereocenters. The molecule has 0 saturated heterocycles. The van der Waals surface area contributed by atoms with Crippen molar-refractivity contribution in [2.75, 3.05) is 11.9 Å². The molecule has 3 aromatic rings. The molecule has 2 heterocycles. The number of anilines is 1. The van der Waals surface area contributed by atoms with E-state index in [-0.39, 0.29) is 33.4 Å². The second-order valence-corrected chi connectivity index (χ2v) is 8.31. The zero-order valence-electron chi connectivity index (χ0n) is 18.1. The van der Waals surface area contributed by atoms with E-state index in [2.05, 4.69) is 0 Å². The predicted octanol–water partition coefficient (Wildman–Crippen LogP) is 3.56. The average molecular weight is 438 g/mol. The predicted molar refractivity (Wildman–Crippen MR) is 120 cm³/mol. The highest BCUT2D eigenvalue weighted by Crippen LogP contribution is 2.31. The molecule has 0 aromatic heterocycles. The van der Waals surface area contributed by atoms with Gasteiger partial charge in [-0.05, 0) is 61.4 Å². The van der Waals surface area contributed by atoms with Gasteiger partial charge in [-0.2, -0.15) is 0 Å². The number of nitrogens with zero attached hydrogens (tertiary/aromatic N) is 2. The zero-order valence-corrected chi connectivity index (χ0v) is 18.1. The minimum Gasteiger partial charge on any atom is -0.289 e. The van der Waals surface area contributed by atoms with Crippen LogP contribution in [0.1, 0.15) is 68.5 Å². The van der Waals surface area contributed by atoms with Crippen LogP contribution >= 0.6 is 0 Å². The van der Waals surface area contributed by atoms with Crippen LogP contribution in [0, 0.1) is 13.8 Å². The Balaban J connectivity index is 1.51. The molecule has 0 N–H and O–H groups in total. The highest BCUT2D eigenvalue weighted by molar-refractivity contribution is 6.35. The number of imide groups is 2. The van der Waals surface area contributed by atoms with E-state index in [9.17, 15) is 24.0 Å². The van der Waals surface area contributed by atoms with Crippen LogP contribution in [0.5, 0.6) is 0 Å². The number of amides is 4. The number of benzene rings is 3. The summed E-state index contributed by atoms with van der Waals surface area (Å²) in [6.07, 6.45) is 0. The van der Waals surface area contributed by atoms with Gasteiger partial charge in [-0.1, -0.05) is 18.2 Å². The number of carbonyl (C=O) groups excluding carboxylic acids is 5. The van der Waals surface area contributed by atoms with Crippen molar-refractivity contribution < 1.29 is 24.0 Å². The summed E-state index contributed by atoms with van der Waals surface area (Å²) >= 11 is 0. The molecule has 0 spiro atoms. The first kappa shape index (κ1) is 20.5. The first-order chi connectivity index (χ1) is 15.7. The summed E-state index contributed by atoms with van der Waals surface area (Å²) < 4.78 is 0. The Morgan fingerprint density at radius 1 is 0.606 bits per heavy atom. The number of fused-ring (bicyclic) bond motifs is 2. The van der Waals surface area contributed by atoms with E-state index < -0.39 is 29.4 Å². The Kier molecular flexibility index (Phi) is 4.39. The molecule has 33 heavy (non-hydrogen) atoms. The summed E-state index contributed by atoms with van der Waals surface area (Å²) in [5.41, 5.74) is 3.55. The molecule has 7 nitrogen and oxygen atoms in total. The number of hydrogen-bond acceptors (Lipinski definition) is 5. The van der Waals surface area contributed by atoms with Crippen molar-refractivity contribution in [2.45, 2.75) is 13.8 Å². The smallest absolute Gasteiger partial charge is 0.266 e. The van der Waals surface area contributed by atoms with Crippen LogP contribution in [0.2, 0.25) is 0 Å². The summed E-state index contributed by atoms with van der Waals surface area (Å²) in [4.78, 5) is 65.7. The van der Waals surface area contributed by atoms with Gasteiger partial charge in [-0.25, -0.2) is 4.90 Å². The number of hydrogen-bond donors (Lipinski definition) is 0. The van der Waals surface area contributed by atoms with Crippen molar-refractivity contribution in [3.8, 4) is 0 Å². The first-order valence-corrected chi connectivity index (χ1v) is 10.3. The third-order valence-corrected chi connectivity index (χ3v) is 5.97. The van der Waals surface area contributed by atoms with E-state index in [0.717, 1.165) is 20.9 Å². The third kappa shape index (κ3) is 3.01. The molecule has 0 fully saturated rings. The molecule has 0 saturated carbocycles. The van der Waals surface area contributed by atoms with Gasteiger partial charge < -0.3 is 0 Å². The van der Waals surface area contributed by atoms with Crippen LogP contribution in [0.25, 0.3) is 0 Å². The van der Waals surface area contributed by atoms with E-state index in [1.165, 1.54) is 43.4 Å². The van der Waals surface area contributed by atoms with Gasteiger partial charge in [-0.15, -0.1) is 0 Å². The van der Waals surface area contributed by atoms with Crippen LogP contribution in [-0.2, 0) is 0 Å². The molecule has 4 amide bonds. The van der Waals surface area contributed by atoms with Crippen molar-refractivity contribution in [3.63, 3.8) is 0 Å². The lowest BCUT2D eigenvalue weighted by atomic mass is 9.96. The Morgan fingerprint density at radius 2 is 1.06 bits per heavy atom. The van der Waals surface area contributed by atoms with E-state index >= 15 is 0 Å². The SMILES string of the molecule is Cc1cc(C)cc(N2C(=O)c3ccc(C(=O)c4ccc5c(c4)C(=O)N(C)C5=O)cc3C2=O)c1. The molecule has 2 aliphatic rings. The molecule has 0 aliphatic carbocycles. The summed E-state index contributed by atoms with van der Waals surface area (Å²) in [5.74, 6) is -2.24. The summed E-state index contributed by atoms with van der Waals surface area (Å²) in [6, 6.07) is 14.2. The van der Waals surface area contributed by atoms with Gasteiger partial charge in [0.1, 0.15) is 0 Å². The minimum atomic E-state index is -0.494. The van der Waals surface area contributed by atoms with E-state index in [1.54, 1.807) is 12.1 Å². The second kappa shape index (κ2) is 7.06. The fourth-order valence-electron chi connectivity index (χ4n) is 4.37. The summed E-state index contributed by atoms with van der Waals surface area (Å²) in [7, 11) is 1.39. The van der Waals surface area contributed by atoms with Crippen LogP contribution in [0.15, 0.2) is 54.6 Å². The van der Waals surface area contributed by atoms with Gasteiger partial charge >= 0.3 is 0 Å². The molecule has 5 rings (SSSR count). The summed E-state index contributed by atoms with van der Waals surface area (Å²) in [5, 5.41) is 0. The quantitative estimate of drug-likeness (QED) is 0.461. The van der Waals surface area contributed by atoms with E-state index in [4.69, 9.17) is 0 Å². The second-order valence-electron chi connectivity index (χ2n) is 8.31. The minimum absolute atomic E-state index is 0.150. The zero-order chi connectivity index (χ0) is 23.6. The van der Waals surface area contributed by atoms with E-state index in [1.807, 2.05) is 19.9 Å². The maximum atomic E-state index is 13.1. The Hall–Kier alpha value is -4.39. The number of aryl methyl sites for hydroxylation is 2. The molecule has 2 aliphatic heterocycles. The average Bonchev–Trinajstić information content (AvgIpc) is 3.17. The van der Waals surface area contributed by atoms with Gasteiger partial charge in [0, 0.05) is 18.2 Å². The molecule has 0 radical (unpaired) electrons. The number of rotatable bonds is 3. The lowest BCUT2D eigenvalue weighted by molar-refractivity contribution is 0.0692. The summed E-state index contributed by atoms with van der Waals surface area (Å²) in [6.45, 7) is 3.77. The van der Waals surface area contributed by atoms with Gasteiger partial charge in [0.15, 0.2) is 5.78 Å². The van der Waals surface area contributed by atoms with Gasteiger partial charge in [0.2, 0.25) is 0 Å². The fraction of sp³-hybridized carbons (Fsp3) is 0.115. The van der Waals surface area contributed by atoms with E-state index in [0.29, 0.717) is 5.69 Å². The standard InChI is InChI=1S/C26H18N2O5/c1-13-8-14(2)10-17(9-13)28-25(32)19-7-5-16(12-21(19)26(28)33)22(29)15-4-6-18-20(11-15)24(31)27(3)23(18)30/h4-12H,1-3H3. The maximum absolute atomic E-state index is 13.1. The normalized spacial score (nSPS) is 14.8. The Labute approximate surface area is 189 Å². The highest BCUT2D eigenvalue weighted by Gasteiger charge is 2.38. The van der Waals surface area contributed by atoms with Crippen molar-refractivity contribution in [3.05, 3.63) is 99.1 Å². The maximum Gasteiger partial charge on any atom is 0.266 e. The molecule has 0 bridgehead atoms. The Morgan fingerprint density at radius 3 is 1.64 bits per heavy atom. The molecular formula is C26H18N2O5. The van der Waals surface area contributed by atoms with Crippen LogP contribution in [-0.4, -0.2) is 41.4 Å². The molecule has 162 valence electrons. The third-order valence-electron chi connectivity index (χ3n) is 5.97. The van der Waals surface area contributed by atoms with Gasteiger partial charge in [0.05, 0.1) is 27.9 Å². The first-order valence-electron chi connectivity index (χ1n) is 10.3. The topological polar surface area (TPSA) is 91.8 Å². The van der Waals surface area contributed by atoms with Crippen LogP contribution in [0.4, 0.5) is 5.69 Å². The van der Waals surface area contributed by atoms with Crippen molar-refractivity contribution in [2.24, 2.45) is 0 Å². The van der Waals surface area contributed by atoms with Gasteiger partial charge in [0.25, 0.3) is 23.6 Å². The fourth-order valence-corrected chi connectivity index (χ4v) is 4.37. The van der Waals surface area contributed by atoms with Crippen molar-refractivity contribution in [1.29, 1.82) is 0 Å². The van der Waals surface area contributed by atoms with Crippen molar-refractivity contribution in [1.82, 2.24) is 4.90 Å². The van der Waals surface area contributed by atoms with Crippen LogP contribution in [0.3, 0.4) is 0 Å². The largest absolute Gasteiger partial charge is 0.289 e. The van der Waals surface area contributed by atoms with Crippen LogP contribution < -0.4 is 4.90 Å². The van der Waals surface area contributed by atoms with Crippen molar-refractivity contribution >= 4 is 35.1 Å². The number of carbonyl (C=O) groups is 5. The monoisotopic (exact) mass is 438 g/mol. The molecular weight excluding hydrogens is 420 g/mol. The Bertz CT molecular complexity index is 1430. The highest BCUT2D eigenvalue weighted by atomic mass is 16.2. The molecule has 7 heteroatoms. The van der Waals surface area contributed by atoms with Gasteiger partial charge in [-0.3, -0.25) is 28.9 Å².